The zero-order chi connectivity index (χ0) is 9.10. The summed E-state index contributed by atoms with van der Waals surface area (Å²) in [5.74, 6) is 0. The van der Waals surface area contributed by atoms with Crippen molar-refractivity contribution in [3.8, 4) is 0 Å². The summed E-state index contributed by atoms with van der Waals surface area (Å²) in [6.45, 7) is 1.63. The van der Waals surface area contributed by atoms with Crippen molar-refractivity contribution >= 4 is 11.8 Å². The van der Waals surface area contributed by atoms with Crippen molar-refractivity contribution in [2.45, 2.75) is 16.2 Å². The third kappa shape index (κ3) is 2.24. The van der Waals surface area contributed by atoms with Gasteiger partial charge in [-0.3, -0.25) is 0 Å². The van der Waals surface area contributed by atoms with Gasteiger partial charge in [-0.25, -0.2) is 0 Å². The van der Waals surface area contributed by atoms with E-state index in [2.05, 4.69) is 17.4 Å². The smallest absolute Gasteiger partial charge is 0.0798 e. The van der Waals surface area contributed by atoms with Crippen LogP contribution >= 0.6 is 11.8 Å². The molecule has 1 saturated heterocycles. The highest BCUT2D eigenvalue weighted by molar-refractivity contribution is 8.00. The van der Waals surface area contributed by atoms with Crippen LogP contribution in [-0.4, -0.2) is 29.5 Å². The van der Waals surface area contributed by atoms with E-state index in [0.717, 1.165) is 13.1 Å². The second kappa shape index (κ2) is 4.13. The zero-order valence-electron chi connectivity index (χ0n) is 7.31. The Balaban J connectivity index is 1.98. The van der Waals surface area contributed by atoms with Gasteiger partial charge in [-0.15, -0.1) is 11.8 Å². The van der Waals surface area contributed by atoms with E-state index in [-0.39, 0.29) is 6.10 Å². The predicted molar refractivity (Wildman–Crippen MR) is 55.0 cm³/mol. The molecule has 0 aromatic heterocycles. The number of aliphatic hydroxyl groups excluding tert-OH is 1. The molecule has 0 bridgehead atoms. The molecule has 1 aromatic rings. The lowest BCUT2D eigenvalue weighted by Gasteiger charge is -2.12. The first-order chi connectivity index (χ1) is 6.36. The Morgan fingerprint density at radius 3 is 2.62 bits per heavy atom. The molecule has 1 aliphatic heterocycles. The fraction of sp³-hybridized carbons (Fsp3) is 0.400. The molecule has 2 rings (SSSR count). The second-order valence-corrected chi connectivity index (χ2v) is 4.51. The van der Waals surface area contributed by atoms with Crippen LogP contribution in [0, 0.1) is 0 Å². The van der Waals surface area contributed by atoms with E-state index in [1.807, 2.05) is 18.2 Å². The first-order valence-corrected chi connectivity index (χ1v) is 5.35. The summed E-state index contributed by atoms with van der Waals surface area (Å²) in [6, 6.07) is 10.2. The number of hydrogen-bond acceptors (Lipinski definition) is 3. The van der Waals surface area contributed by atoms with Gasteiger partial charge in [-0.2, -0.15) is 0 Å². The number of thioether (sulfide) groups is 1. The molecule has 0 spiro atoms. The third-order valence-corrected chi connectivity index (χ3v) is 3.49. The van der Waals surface area contributed by atoms with E-state index in [9.17, 15) is 5.11 Å². The molecule has 2 atom stereocenters. The van der Waals surface area contributed by atoms with Crippen LogP contribution in [0.4, 0.5) is 0 Å². The van der Waals surface area contributed by atoms with Gasteiger partial charge in [0.05, 0.1) is 6.10 Å². The van der Waals surface area contributed by atoms with Crippen molar-refractivity contribution in [2.24, 2.45) is 0 Å². The van der Waals surface area contributed by atoms with E-state index in [1.165, 1.54) is 4.90 Å². The Morgan fingerprint density at radius 1 is 1.23 bits per heavy atom. The minimum absolute atomic E-state index is 0.204. The maximum absolute atomic E-state index is 9.57. The summed E-state index contributed by atoms with van der Waals surface area (Å²) in [7, 11) is 0. The van der Waals surface area contributed by atoms with Crippen LogP contribution in [0.3, 0.4) is 0 Å². The molecule has 2 N–H and O–H groups in total. The Hall–Kier alpha value is -0.510. The summed E-state index contributed by atoms with van der Waals surface area (Å²) in [4.78, 5) is 1.23. The number of rotatable bonds is 2. The Bertz CT molecular complexity index is 265. The van der Waals surface area contributed by atoms with Gasteiger partial charge in [0.25, 0.3) is 0 Å². The number of nitrogens with one attached hydrogen (secondary N) is 1. The molecular formula is C10H13NOS. The molecule has 70 valence electrons. The van der Waals surface area contributed by atoms with Gasteiger partial charge >= 0.3 is 0 Å². The van der Waals surface area contributed by atoms with Crippen LogP contribution in [0.1, 0.15) is 0 Å². The molecule has 0 unspecified atom stereocenters. The van der Waals surface area contributed by atoms with E-state index >= 15 is 0 Å². The quantitative estimate of drug-likeness (QED) is 0.741. The summed E-state index contributed by atoms with van der Waals surface area (Å²) >= 11 is 1.75. The van der Waals surface area contributed by atoms with Crippen LogP contribution in [0.5, 0.6) is 0 Å². The largest absolute Gasteiger partial charge is 0.391 e. The van der Waals surface area contributed by atoms with E-state index in [4.69, 9.17) is 0 Å². The monoisotopic (exact) mass is 195 g/mol. The molecule has 0 amide bonds. The first-order valence-electron chi connectivity index (χ1n) is 4.47. The van der Waals surface area contributed by atoms with Crippen LogP contribution in [0.25, 0.3) is 0 Å². The van der Waals surface area contributed by atoms with Gasteiger partial charge in [0.15, 0.2) is 0 Å². The minimum Gasteiger partial charge on any atom is -0.391 e. The average molecular weight is 195 g/mol. The van der Waals surface area contributed by atoms with Crippen LogP contribution in [-0.2, 0) is 0 Å². The van der Waals surface area contributed by atoms with Crippen LogP contribution in [0.2, 0.25) is 0 Å². The highest BCUT2D eigenvalue weighted by atomic mass is 32.2. The van der Waals surface area contributed by atoms with Crippen LogP contribution in [0.15, 0.2) is 35.2 Å². The first kappa shape index (κ1) is 9.06. The summed E-state index contributed by atoms with van der Waals surface area (Å²) in [5.41, 5.74) is 0. The minimum atomic E-state index is -0.204. The van der Waals surface area contributed by atoms with Crippen molar-refractivity contribution in [3.05, 3.63) is 30.3 Å². The fourth-order valence-electron chi connectivity index (χ4n) is 1.44. The molecule has 1 heterocycles. The molecule has 1 aromatic carbocycles. The van der Waals surface area contributed by atoms with Crippen molar-refractivity contribution in [3.63, 3.8) is 0 Å². The summed E-state index contributed by atoms with van der Waals surface area (Å²) in [6.07, 6.45) is -0.204. The molecule has 2 nitrogen and oxygen atoms in total. The molecule has 0 aliphatic carbocycles. The number of aliphatic hydroxyl groups is 1. The Morgan fingerprint density at radius 2 is 2.00 bits per heavy atom. The molecule has 0 saturated carbocycles. The molecule has 13 heavy (non-hydrogen) atoms. The maximum atomic E-state index is 9.57. The predicted octanol–water partition coefficient (Wildman–Crippen LogP) is 1.11. The van der Waals surface area contributed by atoms with E-state index in [1.54, 1.807) is 11.8 Å². The molecular weight excluding hydrogens is 182 g/mol. The van der Waals surface area contributed by atoms with Crippen molar-refractivity contribution in [1.82, 2.24) is 5.32 Å². The lowest BCUT2D eigenvalue weighted by atomic mass is 10.3. The maximum Gasteiger partial charge on any atom is 0.0798 e. The highest BCUT2D eigenvalue weighted by Gasteiger charge is 2.25. The molecule has 1 fully saturated rings. The fourth-order valence-corrected chi connectivity index (χ4v) is 2.55. The molecule has 1 aliphatic rings. The summed E-state index contributed by atoms with van der Waals surface area (Å²) < 4.78 is 0. The number of hydrogen-bond donors (Lipinski definition) is 2. The SMILES string of the molecule is O[C@@H]1CNC[C@H]1Sc1ccccc1. The van der Waals surface area contributed by atoms with Crippen molar-refractivity contribution < 1.29 is 5.11 Å². The van der Waals surface area contributed by atoms with Gasteiger partial charge in [-0.1, -0.05) is 18.2 Å². The highest BCUT2D eigenvalue weighted by Crippen LogP contribution is 2.26. The summed E-state index contributed by atoms with van der Waals surface area (Å²) in [5, 5.41) is 13.0. The standard InChI is InChI=1S/C10H13NOS/c12-9-6-11-7-10(9)13-8-4-2-1-3-5-8/h1-5,9-12H,6-7H2/t9-,10-/m1/s1. The second-order valence-electron chi connectivity index (χ2n) is 3.19. The van der Waals surface area contributed by atoms with Crippen molar-refractivity contribution in [2.75, 3.05) is 13.1 Å². The Labute approximate surface area is 82.4 Å². The van der Waals surface area contributed by atoms with Gasteiger partial charge in [-0.05, 0) is 12.1 Å². The van der Waals surface area contributed by atoms with Gasteiger partial charge in [0.2, 0.25) is 0 Å². The van der Waals surface area contributed by atoms with Gasteiger partial charge < -0.3 is 10.4 Å². The van der Waals surface area contributed by atoms with Gasteiger partial charge in [0.1, 0.15) is 0 Å². The third-order valence-electron chi connectivity index (χ3n) is 2.16. The van der Waals surface area contributed by atoms with E-state index < -0.39 is 0 Å². The zero-order valence-corrected chi connectivity index (χ0v) is 8.13. The Kier molecular flexibility index (Phi) is 2.88. The number of benzene rings is 1. The molecule has 0 radical (unpaired) electrons. The normalized spacial score (nSPS) is 27.8. The number of β-amino-alcohol motifs (C(OH)–C–C–N with tert-alkyl or cyclic N) is 1. The molecule has 3 heteroatoms. The lowest BCUT2D eigenvalue weighted by molar-refractivity contribution is 0.201. The van der Waals surface area contributed by atoms with E-state index in [0.29, 0.717) is 5.25 Å². The average Bonchev–Trinajstić information content (AvgIpc) is 2.54. The van der Waals surface area contributed by atoms with Gasteiger partial charge in [0, 0.05) is 23.2 Å². The lowest BCUT2D eigenvalue weighted by Crippen LogP contribution is -2.19. The topological polar surface area (TPSA) is 32.3 Å². The van der Waals surface area contributed by atoms with Crippen molar-refractivity contribution in [1.29, 1.82) is 0 Å². The van der Waals surface area contributed by atoms with Crippen LogP contribution < -0.4 is 5.32 Å².